The van der Waals surface area contributed by atoms with E-state index in [2.05, 4.69) is 22.3 Å². The van der Waals surface area contributed by atoms with Gasteiger partial charge in [-0.15, -0.1) is 5.10 Å². The van der Waals surface area contributed by atoms with Crippen molar-refractivity contribution in [1.29, 1.82) is 0 Å². The zero-order chi connectivity index (χ0) is 20.9. The van der Waals surface area contributed by atoms with E-state index >= 15 is 0 Å². The van der Waals surface area contributed by atoms with Crippen molar-refractivity contribution in [2.24, 2.45) is 0 Å². The highest BCUT2D eigenvalue weighted by molar-refractivity contribution is 5.90. The van der Waals surface area contributed by atoms with E-state index in [1.807, 2.05) is 54.6 Å². The Morgan fingerprint density at radius 3 is 2.37 bits per heavy atom. The van der Waals surface area contributed by atoms with E-state index < -0.39 is 5.97 Å². The van der Waals surface area contributed by atoms with Crippen LogP contribution in [0.4, 0.5) is 0 Å². The zero-order valence-electron chi connectivity index (χ0n) is 16.7. The maximum Gasteiger partial charge on any atom is 0.361 e. The molecule has 2 aromatic carbocycles. The topological polar surface area (TPSA) is 77.3 Å². The number of para-hydroxylation sites is 1. The first-order valence-corrected chi connectivity index (χ1v) is 9.80. The fraction of sp³-hybridized carbons (Fsp3) is 0.217. The molecule has 0 unspecified atom stereocenters. The largest absolute Gasteiger partial charge is 0.451 e. The highest BCUT2D eigenvalue weighted by Crippen LogP contribution is 2.22. The summed E-state index contributed by atoms with van der Waals surface area (Å²) in [5.41, 5.74) is 3.70. The summed E-state index contributed by atoms with van der Waals surface area (Å²) in [5, 5.41) is 8.47. The number of aromatic nitrogens is 3. The minimum atomic E-state index is -0.652. The van der Waals surface area contributed by atoms with Crippen LogP contribution in [0.3, 0.4) is 0 Å². The first-order valence-electron chi connectivity index (χ1n) is 9.80. The minimum absolute atomic E-state index is 0.108. The van der Waals surface area contributed by atoms with Crippen LogP contribution in [0.1, 0.15) is 28.2 Å². The van der Waals surface area contributed by atoms with Gasteiger partial charge >= 0.3 is 5.97 Å². The molecule has 1 aromatic heterocycles. The number of benzene rings is 2. The van der Waals surface area contributed by atoms with Gasteiger partial charge in [0.25, 0.3) is 5.91 Å². The number of hydrogen-bond donors (Lipinski definition) is 0. The monoisotopic (exact) mass is 402 g/mol. The normalized spacial score (nSPS) is 13.6. The van der Waals surface area contributed by atoms with Crippen molar-refractivity contribution < 1.29 is 14.3 Å². The van der Waals surface area contributed by atoms with Crippen molar-refractivity contribution in [2.75, 3.05) is 19.7 Å². The van der Waals surface area contributed by atoms with E-state index in [0.29, 0.717) is 18.8 Å². The van der Waals surface area contributed by atoms with E-state index in [4.69, 9.17) is 4.74 Å². The number of aryl methyl sites for hydroxylation is 1. The van der Waals surface area contributed by atoms with E-state index in [-0.39, 0.29) is 18.2 Å². The molecule has 7 heteroatoms. The van der Waals surface area contributed by atoms with Crippen LogP contribution < -0.4 is 0 Å². The van der Waals surface area contributed by atoms with Crippen LogP contribution in [-0.2, 0) is 9.53 Å². The Bertz CT molecular complexity index is 1070. The third-order valence-corrected chi connectivity index (χ3v) is 5.00. The number of hydrogen-bond acceptors (Lipinski definition) is 5. The summed E-state index contributed by atoms with van der Waals surface area (Å²) in [6.45, 7) is 2.47. The predicted octanol–water partition coefficient (Wildman–Crippen LogP) is 3.05. The molecule has 0 radical (unpaired) electrons. The van der Waals surface area contributed by atoms with Gasteiger partial charge in [0, 0.05) is 13.1 Å². The number of esters is 1. The molecule has 0 fully saturated rings. The average Bonchev–Trinajstić information content (AvgIpc) is 3.20. The van der Waals surface area contributed by atoms with Crippen molar-refractivity contribution >= 4 is 17.4 Å². The summed E-state index contributed by atoms with van der Waals surface area (Å²) in [5.74, 6) is -0.875. The van der Waals surface area contributed by atoms with Crippen LogP contribution in [0.15, 0.2) is 66.7 Å². The number of carbonyl (C=O) groups excluding carboxylic acids is 2. The number of amides is 1. The van der Waals surface area contributed by atoms with Gasteiger partial charge in [-0.2, -0.15) is 9.90 Å². The molecule has 152 valence electrons. The molecule has 0 saturated carbocycles. The van der Waals surface area contributed by atoms with Crippen LogP contribution in [0.2, 0.25) is 0 Å². The molecule has 0 spiro atoms. The van der Waals surface area contributed by atoms with Crippen LogP contribution in [-0.4, -0.2) is 51.5 Å². The second-order valence-corrected chi connectivity index (χ2v) is 7.02. The van der Waals surface area contributed by atoms with E-state index in [1.165, 1.54) is 15.9 Å². The van der Waals surface area contributed by atoms with Crippen molar-refractivity contribution in [2.45, 2.75) is 13.3 Å². The van der Waals surface area contributed by atoms with Gasteiger partial charge in [0.1, 0.15) is 0 Å². The van der Waals surface area contributed by atoms with E-state index in [9.17, 15) is 9.59 Å². The van der Waals surface area contributed by atoms with Crippen molar-refractivity contribution in [1.82, 2.24) is 19.9 Å². The van der Waals surface area contributed by atoms with Gasteiger partial charge in [0.2, 0.25) is 0 Å². The van der Waals surface area contributed by atoms with E-state index in [0.717, 1.165) is 12.1 Å². The quantitative estimate of drug-likeness (QED) is 0.613. The lowest BCUT2D eigenvalue weighted by atomic mass is 10.00. The van der Waals surface area contributed by atoms with Gasteiger partial charge in [-0.25, -0.2) is 4.79 Å². The zero-order valence-corrected chi connectivity index (χ0v) is 16.7. The summed E-state index contributed by atoms with van der Waals surface area (Å²) in [6, 6.07) is 19.4. The maximum atomic E-state index is 12.5. The Morgan fingerprint density at radius 2 is 1.70 bits per heavy atom. The van der Waals surface area contributed by atoms with Crippen LogP contribution >= 0.6 is 0 Å². The van der Waals surface area contributed by atoms with Gasteiger partial charge in [0.15, 0.2) is 12.3 Å². The highest BCUT2D eigenvalue weighted by atomic mass is 16.5. The van der Waals surface area contributed by atoms with E-state index in [1.54, 1.807) is 11.8 Å². The predicted molar refractivity (Wildman–Crippen MR) is 112 cm³/mol. The molecule has 4 rings (SSSR count). The number of ether oxygens (including phenoxy) is 1. The summed E-state index contributed by atoms with van der Waals surface area (Å²) in [4.78, 5) is 28.0. The molecule has 0 N–H and O–H groups in total. The minimum Gasteiger partial charge on any atom is -0.451 e. The molecule has 0 bridgehead atoms. The van der Waals surface area contributed by atoms with Crippen molar-refractivity contribution in [3.8, 4) is 5.69 Å². The summed E-state index contributed by atoms with van der Waals surface area (Å²) < 4.78 is 5.22. The lowest BCUT2D eigenvalue weighted by Crippen LogP contribution is -2.37. The smallest absolute Gasteiger partial charge is 0.361 e. The van der Waals surface area contributed by atoms with Crippen LogP contribution in [0.25, 0.3) is 11.3 Å². The molecular formula is C23H22N4O3. The van der Waals surface area contributed by atoms with Gasteiger partial charge in [-0.05, 0) is 36.6 Å². The van der Waals surface area contributed by atoms with Crippen molar-refractivity contribution in [3.63, 3.8) is 0 Å². The summed E-state index contributed by atoms with van der Waals surface area (Å²) >= 11 is 0. The maximum absolute atomic E-state index is 12.5. The first-order chi connectivity index (χ1) is 14.6. The fourth-order valence-electron chi connectivity index (χ4n) is 3.34. The second kappa shape index (κ2) is 8.73. The lowest BCUT2D eigenvalue weighted by molar-refractivity contribution is -0.134. The molecule has 2 heterocycles. The molecule has 30 heavy (non-hydrogen) atoms. The van der Waals surface area contributed by atoms with Crippen LogP contribution in [0.5, 0.6) is 0 Å². The lowest BCUT2D eigenvalue weighted by Gasteiger charge is -2.26. The Kier molecular flexibility index (Phi) is 5.70. The molecule has 0 saturated heterocycles. The van der Waals surface area contributed by atoms with Gasteiger partial charge in [-0.1, -0.05) is 54.6 Å². The Hall–Kier alpha value is -3.74. The molecular weight excluding hydrogens is 380 g/mol. The first kappa shape index (κ1) is 19.6. The third kappa shape index (κ3) is 4.30. The Morgan fingerprint density at radius 1 is 1.00 bits per heavy atom. The standard InChI is InChI=1S/C23H22N4O3/c1-17-22(25-27(24-17)20-10-6-3-7-11-20)23(29)30-16-21(28)26-14-12-19(13-15-26)18-8-4-2-5-9-18/h2-12H,13-16H2,1H3. The number of rotatable bonds is 5. The number of carbonyl (C=O) groups is 2. The third-order valence-electron chi connectivity index (χ3n) is 5.00. The van der Waals surface area contributed by atoms with Gasteiger partial charge in [0.05, 0.1) is 11.4 Å². The molecule has 1 aliphatic rings. The highest BCUT2D eigenvalue weighted by Gasteiger charge is 2.22. The van der Waals surface area contributed by atoms with Crippen molar-refractivity contribution in [3.05, 3.63) is 83.7 Å². The molecule has 0 atom stereocenters. The number of nitrogens with zero attached hydrogens (tertiary/aromatic N) is 4. The second-order valence-electron chi connectivity index (χ2n) is 7.02. The molecule has 3 aromatic rings. The Labute approximate surface area is 174 Å². The van der Waals surface area contributed by atoms with Crippen LogP contribution in [0, 0.1) is 6.92 Å². The Balaban J connectivity index is 1.34. The summed E-state index contributed by atoms with van der Waals surface area (Å²) in [6.07, 6.45) is 2.82. The molecule has 0 aliphatic carbocycles. The molecule has 7 nitrogen and oxygen atoms in total. The van der Waals surface area contributed by atoms with Gasteiger partial charge < -0.3 is 9.64 Å². The average molecular weight is 402 g/mol. The van der Waals surface area contributed by atoms with Gasteiger partial charge in [-0.3, -0.25) is 4.79 Å². The molecule has 1 aliphatic heterocycles. The molecule has 1 amide bonds. The summed E-state index contributed by atoms with van der Waals surface area (Å²) in [7, 11) is 0. The fourth-order valence-corrected chi connectivity index (χ4v) is 3.34. The SMILES string of the molecule is Cc1nn(-c2ccccc2)nc1C(=O)OCC(=O)N1CC=C(c2ccccc2)CC1.